The van der Waals surface area contributed by atoms with Crippen molar-refractivity contribution in [3.8, 4) is 0 Å². The lowest BCUT2D eigenvalue weighted by Crippen LogP contribution is -2.47. The van der Waals surface area contributed by atoms with Crippen LogP contribution in [0, 0.1) is 0 Å². The third-order valence-electron chi connectivity index (χ3n) is 3.76. The summed E-state index contributed by atoms with van der Waals surface area (Å²) in [6.45, 7) is 7.11. The Hall–Kier alpha value is -1.89. The number of hydrogen-bond acceptors (Lipinski definition) is 4. The summed E-state index contributed by atoms with van der Waals surface area (Å²) in [5, 5.41) is 15.7. The Labute approximate surface area is 124 Å². The average Bonchev–Trinajstić information content (AvgIpc) is 2.90. The maximum Gasteiger partial charge on any atom is 0.272 e. The van der Waals surface area contributed by atoms with Gasteiger partial charge in [-0.1, -0.05) is 6.92 Å². The maximum atomic E-state index is 12.2. The van der Waals surface area contributed by atoms with Crippen LogP contribution in [0.15, 0.2) is 0 Å². The van der Waals surface area contributed by atoms with Gasteiger partial charge in [0.2, 0.25) is 5.91 Å². The fourth-order valence-corrected chi connectivity index (χ4v) is 2.21. The number of aromatic amines is 1. The molecule has 0 saturated heterocycles. The van der Waals surface area contributed by atoms with Gasteiger partial charge in [-0.2, -0.15) is 5.10 Å². The van der Waals surface area contributed by atoms with Gasteiger partial charge < -0.3 is 16.0 Å². The Balaban J connectivity index is 1.98. The molecule has 1 aromatic heterocycles. The van der Waals surface area contributed by atoms with Crippen molar-refractivity contribution in [1.82, 2.24) is 26.1 Å². The molecule has 4 N–H and O–H groups in total. The zero-order valence-corrected chi connectivity index (χ0v) is 12.7. The Morgan fingerprint density at radius 3 is 2.81 bits per heavy atom. The number of H-pyrrole nitrogens is 1. The molecule has 0 saturated carbocycles. The van der Waals surface area contributed by atoms with E-state index in [0.29, 0.717) is 12.2 Å². The molecule has 2 rings (SSSR count). The van der Waals surface area contributed by atoms with E-state index in [2.05, 4.69) is 26.1 Å². The van der Waals surface area contributed by atoms with Gasteiger partial charge in [-0.05, 0) is 20.3 Å². The highest BCUT2D eigenvalue weighted by Gasteiger charge is 2.24. The van der Waals surface area contributed by atoms with Gasteiger partial charge in [0.25, 0.3) is 5.91 Å². The van der Waals surface area contributed by atoms with Crippen LogP contribution in [0.2, 0.25) is 0 Å². The van der Waals surface area contributed by atoms with Crippen LogP contribution in [0.25, 0.3) is 0 Å². The first-order valence-electron chi connectivity index (χ1n) is 7.41. The molecule has 0 fully saturated rings. The summed E-state index contributed by atoms with van der Waals surface area (Å²) in [7, 11) is 0. The first-order valence-corrected chi connectivity index (χ1v) is 7.41. The largest absolute Gasteiger partial charge is 0.352 e. The molecule has 2 amide bonds. The Morgan fingerprint density at radius 2 is 2.10 bits per heavy atom. The normalized spacial score (nSPS) is 16.7. The number of hydrogen-bond donors (Lipinski definition) is 4. The molecule has 0 aromatic carbocycles. The molecule has 1 aliphatic rings. The minimum absolute atomic E-state index is 0.0965. The van der Waals surface area contributed by atoms with Crippen molar-refractivity contribution in [2.75, 3.05) is 6.54 Å². The number of fused-ring (bicyclic) bond motifs is 1. The summed E-state index contributed by atoms with van der Waals surface area (Å²) in [4.78, 5) is 24.2. The molecule has 0 radical (unpaired) electrons. The lowest BCUT2D eigenvalue weighted by atomic mass is 10.1. The zero-order valence-electron chi connectivity index (χ0n) is 12.7. The third-order valence-corrected chi connectivity index (χ3v) is 3.76. The highest BCUT2D eigenvalue weighted by molar-refractivity contribution is 5.97. The van der Waals surface area contributed by atoms with Gasteiger partial charge in [-0.25, -0.2) is 0 Å². The van der Waals surface area contributed by atoms with Crippen LogP contribution in [0.4, 0.5) is 0 Å². The van der Waals surface area contributed by atoms with Crippen molar-refractivity contribution in [2.45, 2.75) is 52.2 Å². The van der Waals surface area contributed by atoms with Crippen LogP contribution < -0.4 is 16.0 Å². The SMILES string of the molecule is CCC(C)NC(=O)C(C)NC(=O)c1n[nH]c2c1CNCC2. The first kappa shape index (κ1) is 15.5. The number of rotatable bonds is 5. The summed E-state index contributed by atoms with van der Waals surface area (Å²) in [6, 6.07) is -0.491. The van der Waals surface area contributed by atoms with Crippen molar-refractivity contribution in [1.29, 1.82) is 0 Å². The maximum absolute atomic E-state index is 12.2. The van der Waals surface area contributed by atoms with Gasteiger partial charge in [0.05, 0.1) is 0 Å². The molecule has 1 aliphatic heterocycles. The molecule has 21 heavy (non-hydrogen) atoms. The lowest BCUT2D eigenvalue weighted by Gasteiger charge is -2.18. The molecule has 0 bridgehead atoms. The predicted molar refractivity (Wildman–Crippen MR) is 78.8 cm³/mol. The van der Waals surface area contributed by atoms with E-state index in [1.165, 1.54) is 0 Å². The second-order valence-electron chi connectivity index (χ2n) is 5.47. The van der Waals surface area contributed by atoms with Crippen LogP contribution >= 0.6 is 0 Å². The molecule has 7 heteroatoms. The van der Waals surface area contributed by atoms with Crippen molar-refractivity contribution < 1.29 is 9.59 Å². The van der Waals surface area contributed by atoms with E-state index >= 15 is 0 Å². The van der Waals surface area contributed by atoms with Gasteiger partial charge >= 0.3 is 0 Å². The Kier molecular flexibility index (Phi) is 4.95. The van der Waals surface area contributed by atoms with E-state index in [-0.39, 0.29) is 17.9 Å². The minimum Gasteiger partial charge on any atom is -0.352 e. The van der Waals surface area contributed by atoms with Crippen LogP contribution in [-0.4, -0.2) is 40.6 Å². The second kappa shape index (κ2) is 6.71. The molecule has 0 aliphatic carbocycles. The van der Waals surface area contributed by atoms with Gasteiger partial charge in [-0.3, -0.25) is 14.7 Å². The lowest BCUT2D eigenvalue weighted by molar-refractivity contribution is -0.123. The molecular formula is C14H23N5O2. The number of aromatic nitrogens is 2. The fraction of sp³-hybridized carbons (Fsp3) is 0.643. The van der Waals surface area contributed by atoms with E-state index in [4.69, 9.17) is 0 Å². The first-order chi connectivity index (χ1) is 10.0. The predicted octanol–water partition coefficient (Wildman–Crippen LogP) is 0.0884. The van der Waals surface area contributed by atoms with Gasteiger partial charge in [0, 0.05) is 36.8 Å². The number of amides is 2. The Bertz CT molecular complexity index is 525. The van der Waals surface area contributed by atoms with Crippen LogP contribution in [0.5, 0.6) is 0 Å². The molecule has 0 spiro atoms. The fourth-order valence-electron chi connectivity index (χ4n) is 2.21. The number of carbonyl (C=O) groups excluding carboxylic acids is 2. The number of carbonyl (C=O) groups is 2. The van der Waals surface area contributed by atoms with E-state index in [9.17, 15) is 9.59 Å². The minimum atomic E-state index is -0.588. The van der Waals surface area contributed by atoms with Gasteiger partial charge in [0.15, 0.2) is 5.69 Å². The highest BCUT2D eigenvalue weighted by atomic mass is 16.2. The van der Waals surface area contributed by atoms with Crippen molar-refractivity contribution in [3.63, 3.8) is 0 Å². The molecule has 2 atom stereocenters. The Morgan fingerprint density at radius 1 is 1.33 bits per heavy atom. The zero-order chi connectivity index (χ0) is 15.4. The molecular weight excluding hydrogens is 270 g/mol. The van der Waals surface area contributed by atoms with Crippen molar-refractivity contribution >= 4 is 11.8 Å². The van der Waals surface area contributed by atoms with E-state index in [0.717, 1.165) is 30.6 Å². The van der Waals surface area contributed by atoms with Crippen molar-refractivity contribution in [2.24, 2.45) is 0 Å². The highest BCUT2D eigenvalue weighted by Crippen LogP contribution is 2.15. The van der Waals surface area contributed by atoms with Gasteiger partial charge in [-0.15, -0.1) is 0 Å². The molecule has 116 valence electrons. The monoisotopic (exact) mass is 293 g/mol. The molecule has 7 nitrogen and oxygen atoms in total. The summed E-state index contributed by atoms with van der Waals surface area (Å²) in [6.07, 6.45) is 1.69. The number of nitrogens with one attached hydrogen (secondary N) is 4. The van der Waals surface area contributed by atoms with Crippen LogP contribution in [0.3, 0.4) is 0 Å². The molecule has 2 unspecified atom stereocenters. The third kappa shape index (κ3) is 3.60. The van der Waals surface area contributed by atoms with Gasteiger partial charge in [0.1, 0.15) is 6.04 Å². The van der Waals surface area contributed by atoms with Crippen LogP contribution in [-0.2, 0) is 17.8 Å². The van der Waals surface area contributed by atoms with Crippen LogP contribution in [0.1, 0.15) is 48.9 Å². The topological polar surface area (TPSA) is 98.9 Å². The molecule has 2 heterocycles. The van der Waals surface area contributed by atoms with Crippen molar-refractivity contribution in [3.05, 3.63) is 17.0 Å². The standard InChI is InChI=1S/C14H23N5O2/c1-4-8(2)16-13(20)9(3)17-14(21)12-10-7-15-6-5-11(10)18-19-12/h8-9,15H,4-7H2,1-3H3,(H,16,20)(H,17,21)(H,18,19). The van der Waals surface area contributed by atoms with E-state index in [1.54, 1.807) is 6.92 Å². The smallest absolute Gasteiger partial charge is 0.272 e. The summed E-state index contributed by atoms with van der Waals surface area (Å²) in [5.41, 5.74) is 2.27. The van der Waals surface area contributed by atoms with E-state index < -0.39 is 6.04 Å². The van der Waals surface area contributed by atoms with E-state index in [1.807, 2.05) is 13.8 Å². The second-order valence-corrected chi connectivity index (χ2v) is 5.47. The summed E-state index contributed by atoms with van der Waals surface area (Å²) >= 11 is 0. The number of nitrogens with zero attached hydrogens (tertiary/aromatic N) is 1. The quantitative estimate of drug-likeness (QED) is 0.618. The molecule has 1 aromatic rings. The summed E-state index contributed by atoms with van der Waals surface area (Å²) in [5.74, 6) is -0.497. The summed E-state index contributed by atoms with van der Waals surface area (Å²) < 4.78 is 0. The average molecular weight is 293 g/mol.